The van der Waals surface area contributed by atoms with Crippen molar-refractivity contribution in [3.05, 3.63) is 129 Å². The van der Waals surface area contributed by atoms with Gasteiger partial charge in [0.2, 0.25) is 11.7 Å². The molecule has 0 bridgehead atoms. The Labute approximate surface area is 277 Å². The van der Waals surface area contributed by atoms with Gasteiger partial charge < -0.3 is 19.1 Å². The zero-order valence-electron chi connectivity index (χ0n) is 25.3. The van der Waals surface area contributed by atoms with Crippen LogP contribution in [0, 0.1) is 0 Å². The van der Waals surface area contributed by atoms with E-state index < -0.39 is 24.7 Å². The molecule has 4 aromatic carbocycles. The van der Waals surface area contributed by atoms with Gasteiger partial charge >= 0.3 is 5.92 Å². The standard InChI is InChI=1S/C36H34Cl2F2N2O4/c1-42(23-33(26-4-10-29(37)11-5-26)27-6-12-30(38)13-7-27)19-21-44-31-14-2-25(3-15-31)22-36(39,40)34(43)24-46-32-16-8-28(9-17-32)35-41-18-20-45-35/h2-17,33H,18-24H2,1H3. The molecule has 0 amide bonds. The predicted molar refractivity (Wildman–Crippen MR) is 177 cm³/mol. The van der Waals surface area contributed by atoms with E-state index in [1.807, 2.05) is 55.6 Å². The minimum atomic E-state index is -3.58. The van der Waals surface area contributed by atoms with E-state index in [4.69, 9.17) is 37.4 Å². The summed E-state index contributed by atoms with van der Waals surface area (Å²) < 4.78 is 46.1. The largest absolute Gasteiger partial charge is 0.492 e. The summed E-state index contributed by atoms with van der Waals surface area (Å²) in [6.07, 6.45) is -0.731. The number of hydrogen-bond donors (Lipinski definition) is 0. The average molecular weight is 668 g/mol. The Morgan fingerprint density at radius 1 is 0.870 bits per heavy atom. The van der Waals surface area contributed by atoms with E-state index in [2.05, 4.69) is 9.89 Å². The third kappa shape index (κ3) is 9.28. The van der Waals surface area contributed by atoms with Crippen molar-refractivity contribution in [2.24, 2.45) is 4.99 Å². The number of halogens is 4. The summed E-state index contributed by atoms with van der Waals surface area (Å²) in [5, 5.41) is 1.36. The fraction of sp³-hybridized carbons (Fsp3) is 0.278. The Balaban J connectivity index is 1.08. The molecule has 4 aromatic rings. The van der Waals surface area contributed by atoms with E-state index >= 15 is 0 Å². The highest BCUT2D eigenvalue weighted by molar-refractivity contribution is 6.30. The van der Waals surface area contributed by atoms with Gasteiger partial charge in [0.15, 0.2) is 6.61 Å². The highest BCUT2D eigenvalue weighted by atomic mass is 35.5. The maximum Gasteiger partial charge on any atom is 0.312 e. The van der Waals surface area contributed by atoms with Gasteiger partial charge in [0, 0.05) is 41.0 Å². The van der Waals surface area contributed by atoms with Crippen LogP contribution in [0.2, 0.25) is 10.0 Å². The van der Waals surface area contributed by atoms with Gasteiger partial charge in [-0.3, -0.25) is 4.79 Å². The maximum atomic E-state index is 14.7. The van der Waals surface area contributed by atoms with Gasteiger partial charge in [-0.15, -0.1) is 0 Å². The van der Waals surface area contributed by atoms with Gasteiger partial charge in [0.25, 0.3) is 0 Å². The molecule has 6 nitrogen and oxygen atoms in total. The molecule has 0 fully saturated rings. The summed E-state index contributed by atoms with van der Waals surface area (Å²) in [4.78, 5) is 18.7. The number of aliphatic imine (C=N–C) groups is 1. The summed E-state index contributed by atoms with van der Waals surface area (Å²) in [5.74, 6) is -3.38. The fourth-order valence-corrected chi connectivity index (χ4v) is 5.28. The van der Waals surface area contributed by atoms with Crippen molar-refractivity contribution in [3.63, 3.8) is 0 Å². The fourth-order valence-electron chi connectivity index (χ4n) is 5.03. The van der Waals surface area contributed by atoms with Crippen molar-refractivity contribution in [2.75, 3.05) is 46.5 Å². The molecule has 46 heavy (non-hydrogen) atoms. The SMILES string of the molecule is CN(CCOc1ccc(CC(F)(F)C(=O)COc2ccc(C3=NCCO3)cc2)cc1)CC(c1ccc(Cl)cc1)c1ccc(Cl)cc1. The summed E-state index contributed by atoms with van der Waals surface area (Å²) in [6.45, 7) is 2.16. The van der Waals surface area contributed by atoms with E-state index in [0.717, 1.165) is 23.2 Å². The quantitative estimate of drug-likeness (QED) is 0.130. The van der Waals surface area contributed by atoms with Gasteiger partial charge in [-0.2, -0.15) is 8.78 Å². The van der Waals surface area contributed by atoms with Gasteiger partial charge in [-0.25, -0.2) is 4.99 Å². The second-order valence-corrected chi connectivity index (χ2v) is 11.9. The van der Waals surface area contributed by atoms with Crippen LogP contribution in [0.5, 0.6) is 11.5 Å². The van der Waals surface area contributed by atoms with Crippen LogP contribution in [0.15, 0.2) is 102 Å². The van der Waals surface area contributed by atoms with Crippen LogP contribution in [0.1, 0.15) is 28.2 Å². The topological polar surface area (TPSA) is 60.4 Å². The summed E-state index contributed by atoms with van der Waals surface area (Å²) in [5.41, 5.74) is 3.35. The van der Waals surface area contributed by atoms with Crippen molar-refractivity contribution >= 4 is 34.9 Å². The molecule has 1 aliphatic heterocycles. The number of carbonyl (C=O) groups is 1. The Bertz CT molecular complexity index is 1570. The van der Waals surface area contributed by atoms with Gasteiger partial charge in [0.1, 0.15) is 24.7 Å². The molecule has 0 N–H and O–H groups in total. The molecule has 0 aromatic heterocycles. The molecular formula is C36H34Cl2F2N2O4. The van der Waals surface area contributed by atoms with Crippen LogP contribution < -0.4 is 9.47 Å². The highest BCUT2D eigenvalue weighted by Gasteiger charge is 2.38. The Kier molecular flexibility index (Phi) is 11.3. The lowest BCUT2D eigenvalue weighted by molar-refractivity contribution is -0.145. The zero-order valence-corrected chi connectivity index (χ0v) is 26.8. The second-order valence-electron chi connectivity index (χ2n) is 11.1. The third-order valence-corrected chi connectivity index (χ3v) is 8.10. The molecule has 0 saturated heterocycles. The number of carbonyl (C=O) groups excluding carboxylic acids is 1. The van der Waals surface area contributed by atoms with E-state index in [-0.39, 0.29) is 5.92 Å². The van der Waals surface area contributed by atoms with Crippen LogP contribution >= 0.6 is 23.2 Å². The first-order valence-corrected chi connectivity index (χ1v) is 15.6. The van der Waals surface area contributed by atoms with Crippen LogP contribution in [-0.4, -0.2) is 69.0 Å². The summed E-state index contributed by atoms with van der Waals surface area (Å²) >= 11 is 12.2. The van der Waals surface area contributed by atoms with Crippen molar-refractivity contribution in [1.82, 2.24) is 4.90 Å². The van der Waals surface area contributed by atoms with Crippen LogP contribution in [0.3, 0.4) is 0 Å². The third-order valence-electron chi connectivity index (χ3n) is 7.59. The average Bonchev–Trinajstić information content (AvgIpc) is 3.60. The minimum Gasteiger partial charge on any atom is -0.492 e. The van der Waals surface area contributed by atoms with E-state index in [0.29, 0.717) is 59.3 Å². The number of benzene rings is 4. The number of hydrogen-bond acceptors (Lipinski definition) is 6. The molecule has 0 unspecified atom stereocenters. The molecule has 5 rings (SSSR count). The lowest BCUT2D eigenvalue weighted by Crippen LogP contribution is -2.35. The molecule has 0 spiro atoms. The first-order chi connectivity index (χ1) is 22.2. The smallest absolute Gasteiger partial charge is 0.312 e. The Morgan fingerprint density at radius 2 is 1.43 bits per heavy atom. The molecule has 1 aliphatic rings. The van der Waals surface area contributed by atoms with E-state index in [1.54, 1.807) is 48.5 Å². The number of ketones is 1. The second kappa shape index (κ2) is 15.5. The molecular weight excluding hydrogens is 633 g/mol. The first-order valence-electron chi connectivity index (χ1n) is 14.9. The number of Topliss-reactive ketones (excluding diaryl/α,β-unsaturated/α-hetero) is 1. The molecule has 0 radical (unpaired) electrons. The molecule has 0 saturated carbocycles. The van der Waals surface area contributed by atoms with Gasteiger partial charge in [-0.05, 0) is 84.4 Å². The Morgan fingerprint density at radius 3 is 2.00 bits per heavy atom. The van der Waals surface area contributed by atoms with Crippen LogP contribution in [-0.2, 0) is 16.0 Å². The van der Waals surface area contributed by atoms with E-state index in [1.165, 1.54) is 0 Å². The summed E-state index contributed by atoms with van der Waals surface area (Å²) in [6, 6.07) is 28.6. The normalized spacial score (nSPS) is 13.1. The van der Waals surface area contributed by atoms with Gasteiger partial charge in [0.05, 0.1) is 6.54 Å². The van der Waals surface area contributed by atoms with E-state index in [9.17, 15) is 13.6 Å². The van der Waals surface area contributed by atoms with Crippen molar-refractivity contribution in [2.45, 2.75) is 18.3 Å². The zero-order chi connectivity index (χ0) is 32.5. The van der Waals surface area contributed by atoms with Crippen molar-refractivity contribution < 1.29 is 27.8 Å². The lowest BCUT2D eigenvalue weighted by atomic mass is 9.91. The monoisotopic (exact) mass is 666 g/mol. The molecule has 1 heterocycles. The lowest BCUT2D eigenvalue weighted by Gasteiger charge is -2.25. The predicted octanol–water partition coefficient (Wildman–Crippen LogP) is 7.74. The van der Waals surface area contributed by atoms with Crippen LogP contribution in [0.4, 0.5) is 8.78 Å². The molecule has 10 heteroatoms. The summed E-state index contributed by atoms with van der Waals surface area (Å²) in [7, 11) is 2.02. The van der Waals surface area contributed by atoms with Gasteiger partial charge in [-0.1, -0.05) is 59.6 Å². The number of alkyl halides is 2. The highest BCUT2D eigenvalue weighted by Crippen LogP contribution is 2.28. The number of rotatable bonds is 15. The Hall–Kier alpha value is -3.98. The molecule has 240 valence electrons. The molecule has 0 aliphatic carbocycles. The number of ether oxygens (including phenoxy) is 3. The van der Waals surface area contributed by atoms with Crippen molar-refractivity contribution in [1.29, 1.82) is 0 Å². The first kappa shape index (κ1) is 33.4. The minimum absolute atomic E-state index is 0.0984. The number of nitrogens with zero attached hydrogens (tertiary/aromatic N) is 2. The molecule has 0 atom stereocenters. The van der Waals surface area contributed by atoms with Crippen LogP contribution in [0.25, 0.3) is 0 Å². The van der Waals surface area contributed by atoms with Crippen molar-refractivity contribution in [3.8, 4) is 11.5 Å². The number of likely N-dealkylation sites (N-methyl/N-ethyl adjacent to an activating group) is 1. The maximum absolute atomic E-state index is 14.7.